The van der Waals surface area contributed by atoms with Crippen LogP contribution in [-0.2, 0) is 19.8 Å². The number of hydrogen-bond acceptors (Lipinski definition) is 7. The topological polar surface area (TPSA) is 90.2 Å². The first-order valence-electron chi connectivity index (χ1n) is 14.4. The summed E-state index contributed by atoms with van der Waals surface area (Å²) in [5.41, 5.74) is 8.84. The molecule has 0 unspecified atom stereocenters. The molecule has 0 spiro atoms. The molecule has 46 heavy (non-hydrogen) atoms. The Morgan fingerprint density at radius 1 is 0.370 bits per heavy atom. The van der Waals surface area contributed by atoms with Gasteiger partial charge in [-0.25, -0.2) is 0 Å². The van der Waals surface area contributed by atoms with Gasteiger partial charge in [-0.15, -0.1) is 0 Å². The average Bonchev–Trinajstić information content (AvgIpc) is 3.13. The molecule has 7 rings (SSSR count). The third kappa shape index (κ3) is 10.6. The summed E-state index contributed by atoms with van der Waals surface area (Å²) in [7, 11) is 0. The molecular weight excluding hydrogens is 745 g/mol. The minimum absolute atomic E-state index is 0. The second-order valence-electron chi connectivity index (χ2n) is 9.67. The van der Waals surface area contributed by atoms with Crippen molar-refractivity contribution in [2.75, 3.05) is 0 Å². The van der Waals surface area contributed by atoms with Crippen molar-refractivity contribution >= 4 is 12.2 Å². The van der Waals surface area contributed by atoms with Crippen LogP contribution in [0, 0.1) is 6.92 Å². The minimum atomic E-state index is 0. The van der Waals surface area contributed by atoms with E-state index in [1.165, 1.54) is 5.56 Å². The molecule has 0 aliphatic carbocycles. The average molecular weight is 776 g/mol. The maximum absolute atomic E-state index is 4.40. The minimum Gasteiger partial charge on any atom is -0.265 e. The molecule has 0 atom stereocenters. The van der Waals surface area contributed by atoms with Crippen LogP contribution in [0.2, 0.25) is 0 Å². The molecule has 0 aliphatic rings. The zero-order valence-corrected chi connectivity index (χ0v) is 27.7. The fourth-order valence-electron chi connectivity index (χ4n) is 4.09. The number of rotatable bonds is 5. The number of nitrogens with zero attached hydrogens (tertiary/aromatic N) is 7. The molecule has 7 heterocycles. The van der Waals surface area contributed by atoms with Crippen LogP contribution < -0.4 is 0 Å². The second-order valence-corrected chi connectivity index (χ2v) is 9.67. The van der Waals surface area contributed by atoms with Crippen LogP contribution in [-0.4, -0.2) is 34.9 Å². The van der Waals surface area contributed by atoms with Gasteiger partial charge in [0.25, 0.3) is 0 Å². The SMILES string of the molecule is Cc1ccnc(-c2cc(C=Cc3ccncc3)ccn2)c1.[Os+2].c1ccc(-c2ccccn2)nc1.c1ccc(-c2ccccn2)nc1. The summed E-state index contributed by atoms with van der Waals surface area (Å²) in [5.74, 6) is 0. The first kappa shape index (κ1) is 33.3. The zero-order chi connectivity index (χ0) is 30.9. The molecule has 7 aromatic heterocycles. The van der Waals surface area contributed by atoms with Crippen LogP contribution in [0.5, 0.6) is 0 Å². The molecular formula is C38H31N7Os+2. The fraction of sp³-hybridized carbons (Fsp3) is 0.0263. The van der Waals surface area contributed by atoms with E-state index in [4.69, 9.17) is 0 Å². The molecule has 0 amide bonds. The first-order valence-corrected chi connectivity index (χ1v) is 14.4. The maximum Gasteiger partial charge on any atom is 2.00 e. The molecule has 0 fully saturated rings. The van der Waals surface area contributed by atoms with Crippen molar-refractivity contribution in [3.05, 3.63) is 175 Å². The van der Waals surface area contributed by atoms with Gasteiger partial charge in [-0.3, -0.25) is 34.9 Å². The van der Waals surface area contributed by atoms with E-state index in [0.29, 0.717) is 0 Å². The van der Waals surface area contributed by atoms with Crippen molar-refractivity contribution in [1.82, 2.24) is 34.9 Å². The molecule has 0 aromatic carbocycles. The Hall–Kier alpha value is -5.57. The largest absolute Gasteiger partial charge is 2.00 e. The van der Waals surface area contributed by atoms with Crippen LogP contribution in [0.25, 0.3) is 46.3 Å². The number of hydrogen-bond donors (Lipinski definition) is 0. The van der Waals surface area contributed by atoms with Gasteiger partial charge < -0.3 is 0 Å². The quantitative estimate of drug-likeness (QED) is 0.174. The van der Waals surface area contributed by atoms with Gasteiger partial charge in [0, 0.05) is 49.6 Å². The predicted octanol–water partition coefficient (Wildman–Crippen LogP) is 8.30. The molecule has 0 N–H and O–H groups in total. The van der Waals surface area contributed by atoms with E-state index in [1.807, 2.05) is 122 Å². The molecule has 7 nitrogen and oxygen atoms in total. The third-order valence-corrected chi connectivity index (χ3v) is 6.32. The molecule has 0 saturated carbocycles. The molecule has 7 aromatic rings. The number of pyridine rings is 7. The van der Waals surface area contributed by atoms with E-state index in [2.05, 4.69) is 54.0 Å². The van der Waals surface area contributed by atoms with E-state index >= 15 is 0 Å². The van der Waals surface area contributed by atoms with Crippen molar-refractivity contribution in [3.8, 4) is 34.2 Å². The standard InChI is InChI=1S/C18H15N3.2C10H8N2.Os/c1-14-4-10-20-17(12-14)18-13-16(7-11-21-18)3-2-15-5-8-19-9-6-15;2*1-3-7-11-9(5-1)10-6-2-4-8-12-10;/h2-13H,1H3;2*1-8H;/q;;;+2. The Bertz CT molecular complexity index is 1740. The predicted molar refractivity (Wildman–Crippen MR) is 180 cm³/mol. The Balaban J connectivity index is 0.000000165. The van der Waals surface area contributed by atoms with Crippen LogP contribution in [0.4, 0.5) is 0 Å². The van der Waals surface area contributed by atoms with Gasteiger partial charge in [0.15, 0.2) is 0 Å². The van der Waals surface area contributed by atoms with E-state index in [1.54, 1.807) is 37.2 Å². The fourth-order valence-corrected chi connectivity index (χ4v) is 4.09. The second kappa shape index (κ2) is 18.3. The van der Waals surface area contributed by atoms with Gasteiger partial charge in [0.05, 0.1) is 34.2 Å². The summed E-state index contributed by atoms with van der Waals surface area (Å²) in [5, 5.41) is 0. The van der Waals surface area contributed by atoms with Crippen LogP contribution in [0.3, 0.4) is 0 Å². The van der Waals surface area contributed by atoms with Crippen molar-refractivity contribution in [1.29, 1.82) is 0 Å². The smallest absolute Gasteiger partial charge is 0.265 e. The van der Waals surface area contributed by atoms with Gasteiger partial charge >= 0.3 is 19.8 Å². The van der Waals surface area contributed by atoms with E-state index in [-0.39, 0.29) is 19.8 Å². The Morgan fingerprint density at radius 3 is 1.20 bits per heavy atom. The molecule has 0 aliphatic heterocycles. The van der Waals surface area contributed by atoms with Crippen molar-refractivity contribution in [3.63, 3.8) is 0 Å². The number of aromatic nitrogens is 7. The summed E-state index contributed by atoms with van der Waals surface area (Å²) < 4.78 is 0. The molecule has 0 radical (unpaired) electrons. The van der Waals surface area contributed by atoms with Crippen molar-refractivity contribution in [2.45, 2.75) is 6.92 Å². The summed E-state index contributed by atoms with van der Waals surface area (Å²) in [6, 6.07) is 35.2. The Kier molecular flexibility index (Phi) is 13.2. The zero-order valence-electron chi connectivity index (χ0n) is 25.1. The van der Waals surface area contributed by atoms with Gasteiger partial charge in [-0.1, -0.05) is 36.4 Å². The van der Waals surface area contributed by atoms with Gasteiger partial charge in [-0.05, 0) is 109 Å². The van der Waals surface area contributed by atoms with Gasteiger partial charge in [-0.2, -0.15) is 0 Å². The van der Waals surface area contributed by atoms with E-state index in [9.17, 15) is 0 Å². The number of aryl methyl sites for hydroxylation is 1. The first-order chi connectivity index (χ1) is 22.2. The molecule has 8 heteroatoms. The Morgan fingerprint density at radius 2 is 0.761 bits per heavy atom. The van der Waals surface area contributed by atoms with Gasteiger partial charge in [0.2, 0.25) is 0 Å². The normalized spacial score (nSPS) is 10.0. The van der Waals surface area contributed by atoms with Crippen LogP contribution in [0.1, 0.15) is 16.7 Å². The molecule has 0 bridgehead atoms. The summed E-state index contributed by atoms with van der Waals surface area (Å²) in [6.45, 7) is 2.05. The van der Waals surface area contributed by atoms with Gasteiger partial charge in [0.1, 0.15) is 0 Å². The molecule has 0 saturated heterocycles. The maximum atomic E-state index is 4.40. The summed E-state index contributed by atoms with van der Waals surface area (Å²) in [6.07, 6.45) is 18.4. The third-order valence-electron chi connectivity index (χ3n) is 6.32. The van der Waals surface area contributed by atoms with Crippen LogP contribution in [0.15, 0.2) is 159 Å². The monoisotopic (exact) mass is 777 g/mol. The van der Waals surface area contributed by atoms with E-state index < -0.39 is 0 Å². The molecule has 224 valence electrons. The summed E-state index contributed by atoms with van der Waals surface area (Å²) in [4.78, 5) is 29.5. The summed E-state index contributed by atoms with van der Waals surface area (Å²) >= 11 is 0. The van der Waals surface area contributed by atoms with Crippen LogP contribution >= 0.6 is 0 Å². The Labute approximate surface area is 282 Å². The van der Waals surface area contributed by atoms with Crippen molar-refractivity contribution in [2.24, 2.45) is 0 Å². The van der Waals surface area contributed by atoms with Crippen molar-refractivity contribution < 1.29 is 19.8 Å². The van der Waals surface area contributed by atoms with E-state index in [0.717, 1.165) is 45.3 Å².